The lowest BCUT2D eigenvalue weighted by Crippen LogP contribution is -2.51. The van der Waals surface area contributed by atoms with Gasteiger partial charge in [-0.3, -0.25) is 10.1 Å². The van der Waals surface area contributed by atoms with Gasteiger partial charge in [0.25, 0.3) is 5.69 Å². The van der Waals surface area contributed by atoms with Crippen LogP contribution in [-0.2, 0) is 0 Å². The van der Waals surface area contributed by atoms with Crippen LogP contribution in [0.5, 0.6) is 0 Å². The van der Waals surface area contributed by atoms with E-state index in [0.717, 1.165) is 17.8 Å². The van der Waals surface area contributed by atoms with Gasteiger partial charge < -0.3 is 16.0 Å². The summed E-state index contributed by atoms with van der Waals surface area (Å²) in [7, 11) is 0. The molecule has 0 saturated carbocycles. The Balaban J connectivity index is 1.84. The molecule has 1 heterocycles. The first kappa shape index (κ1) is 18.0. The van der Waals surface area contributed by atoms with E-state index in [1.807, 2.05) is 24.3 Å². The van der Waals surface area contributed by atoms with Crippen LogP contribution in [0.3, 0.4) is 0 Å². The van der Waals surface area contributed by atoms with Gasteiger partial charge in [-0.25, -0.2) is 4.79 Å². The smallest absolute Gasteiger partial charge is 0.312 e. The fourth-order valence-electron chi connectivity index (χ4n) is 3.38. The number of primary amides is 1. The molecule has 26 heavy (non-hydrogen) atoms. The fourth-order valence-corrected chi connectivity index (χ4v) is 3.50. The summed E-state index contributed by atoms with van der Waals surface area (Å²) in [6.07, 6.45) is 0.713. The number of anilines is 1. The van der Waals surface area contributed by atoms with Crippen molar-refractivity contribution in [2.75, 3.05) is 18.0 Å². The molecule has 1 aliphatic heterocycles. The number of carbonyl (C=O) groups excluding carboxylic acids is 1. The zero-order valence-corrected chi connectivity index (χ0v) is 14.7. The summed E-state index contributed by atoms with van der Waals surface area (Å²) in [5.41, 5.74) is 7.35. The zero-order valence-electron chi connectivity index (χ0n) is 14.0. The number of hydrogen-bond acceptors (Lipinski definition) is 4. The Morgan fingerprint density at radius 3 is 2.38 bits per heavy atom. The number of non-ortho nitro benzene ring substituents is 1. The largest absolute Gasteiger partial charge is 0.369 e. The van der Waals surface area contributed by atoms with Gasteiger partial charge in [0.05, 0.1) is 4.92 Å². The van der Waals surface area contributed by atoms with E-state index < -0.39 is 11.0 Å². The zero-order chi connectivity index (χ0) is 18.7. The molecule has 2 atom stereocenters. The number of carbonyl (C=O) groups is 1. The van der Waals surface area contributed by atoms with Crippen molar-refractivity contribution in [1.29, 1.82) is 0 Å². The Bertz CT molecular complexity index is 795. The highest BCUT2D eigenvalue weighted by Crippen LogP contribution is 2.31. The number of piperidine rings is 1. The molecule has 8 heteroatoms. The van der Waals surface area contributed by atoms with Crippen LogP contribution >= 0.6 is 11.6 Å². The van der Waals surface area contributed by atoms with E-state index in [1.165, 1.54) is 12.1 Å². The van der Waals surface area contributed by atoms with E-state index in [0.29, 0.717) is 18.0 Å². The summed E-state index contributed by atoms with van der Waals surface area (Å²) in [5.74, 6) is 0.108. The molecule has 0 radical (unpaired) electrons. The summed E-state index contributed by atoms with van der Waals surface area (Å²) >= 11 is 5.97. The molecule has 0 spiro atoms. The number of nitro benzene ring substituents is 1. The quantitative estimate of drug-likeness (QED) is 0.633. The van der Waals surface area contributed by atoms with Crippen LogP contribution in [0.4, 0.5) is 16.2 Å². The van der Waals surface area contributed by atoms with Gasteiger partial charge in [0.15, 0.2) is 0 Å². The number of nitrogens with two attached hydrogens (primary N) is 1. The molecule has 2 aromatic carbocycles. The molecule has 0 aliphatic carbocycles. The SMILES string of the molecule is NC(=O)NC1CC(c2ccc([N+](=O)[O-])cc2)CN(c2ccc(Cl)cc2)C1. The standard InChI is InChI=1S/C18H19ClN4O3/c19-14-3-7-16(8-4-14)22-10-13(9-15(11-22)21-18(20)24)12-1-5-17(6-2-12)23(25)26/h1-8,13,15H,9-11H2,(H3,20,21,24). The summed E-state index contributed by atoms with van der Waals surface area (Å²) in [5, 5.41) is 14.3. The van der Waals surface area contributed by atoms with Crippen molar-refractivity contribution in [2.24, 2.45) is 5.73 Å². The lowest BCUT2D eigenvalue weighted by atomic mass is 9.87. The second-order valence-corrected chi connectivity index (χ2v) is 6.80. The highest BCUT2D eigenvalue weighted by molar-refractivity contribution is 6.30. The Hall–Kier alpha value is -2.80. The van der Waals surface area contributed by atoms with Gasteiger partial charge >= 0.3 is 6.03 Å². The predicted octanol–water partition coefficient (Wildman–Crippen LogP) is 3.28. The van der Waals surface area contributed by atoms with Crippen molar-refractivity contribution in [1.82, 2.24) is 5.32 Å². The maximum absolute atomic E-state index is 11.3. The van der Waals surface area contributed by atoms with Crippen LogP contribution in [-0.4, -0.2) is 30.1 Å². The molecule has 1 fully saturated rings. The molecular weight excluding hydrogens is 356 g/mol. The predicted molar refractivity (Wildman–Crippen MR) is 101 cm³/mol. The molecule has 3 rings (SSSR count). The number of urea groups is 1. The summed E-state index contributed by atoms with van der Waals surface area (Å²) in [6.45, 7) is 1.37. The number of nitro groups is 1. The fraction of sp³-hybridized carbons (Fsp3) is 0.278. The van der Waals surface area contributed by atoms with Gasteiger partial charge in [-0.15, -0.1) is 0 Å². The molecule has 1 aliphatic rings. The minimum absolute atomic E-state index is 0.0610. The molecule has 2 aromatic rings. The van der Waals surface area contributed by atoms with Crippen molar-refractivity contribution in [3.8, 4) is 0 Å². The third-order valence-electron chi connectivity index (χ3n) is 4.56. The first-order chi connectivity index (χ1) is 12.4. The van der Waals surface area contributed by atoms with E-state index in [9.17, 15) is 14.9 Å². The van der Waals surface area contributed by atoms with Gasteiger partial charge in [0, 0.05) is 47.9 Å². The molecule has 3 N–H and O–H groups in total. The second kappa shape index (κ2) is 7.61. The number of nitrogens with zero attached hydrogens (tertiary/aromatic N) is 2. The first-order valence-electron chi connectivity index (χ1n) is 8.23. The second-order valence-electron chi connectivity index (χ2n) is 6.37. The van der Waals surface area contributed by atoms with Crippen molar-refractivity contribution >= 4 is 29.0 Å². The van der Waals surface area contributed by atoms with Crippen LogP contribution < -0.4 is 16.0 Å². The van der Waals surface area contributed by atoms with E-state index in [4.69, 9.17) is 17.3 Å². The normalized spacial score (nSPS) is 19.8. The van der Waals surface area contributed by atoms with Gasteiger partial charge in [-0.1, -0.05) is 23.7 Å². The summed E-state index contributed by atoms with van der Waals surface area (Å²) in [6, 6.07) is 13.4. The number of hydrogen-bond donors (Lipinski definition) is 2. The van der Waals surface area contributed by atoms with Crippen LogP contribution in [0.1, 0.15) is 17.9 Å². The van der Waals surface area contributed by atoms with Crippen LogP contribution in [0.15, 0.2) is 48.5 Å². The van der Waals surface area contributed by atoms with Gasteiger partial charge in [-0.2, -0.15) is 0 Å². The maximum atomic E-state index is 11.3. The van der Waals surface area contributed by atoms with Gasteiger partial charge in [0.1, 0.15) is 0 Å². The van der Waals surface area contributed by atoms with Crippen LogP contribution in [0, 0.1) is 10.1 Å². The minimum atomic E-state index is -0.560. The van der Waals surface area contributed by atoms with E-state index in [2.05, 4.69) is 10.2 Å². The average Bonchev–Trinajstić information content (AvgIpc) is 2.61. The third-order valence-corrected chi connectivity index (χ3v) is 4.82. The van der Waals surface area contributed by atoms with Gasteiger partial charge in [-0.05, 0) is 36.2 Å². The first-order valence-corrected chi connectivity index (χ1v) is 8.61. The lowest BCUT2D eigenvalue weighted by Gasteiger charge is -2.39. The number of amides is 2. The van der Waals surface area contributed by atoms with Crippen molar-refractivity contribution < 1.29 is 9.72 Å². The van der Waals surface area contributed by atoms with Crippen LogP contribution in [0.25, 0.3) is 0 Å². The Labute approximate surface area is 155 Å². The molecular formula is C18H19ClN4O3. The lowest BCUT2D eigenvalue weighted by molar-refractivity contribution is -0.384. The highest BCUT2D eigenvalue weighted by Gasteiger charge is 2.29. The number of nitrogens with one attached hydrogen (secondary N) is 1. The van der Waals surface area contributed by atoms with Crippen molar-refractivity contribution in [3.05, 3.63) is 69.2 Å². The summed E-state index contributed by atoms with van der Waals surface area (Å²) in [4.78, 5) is 23.9. The highest BCUT2D eigenvalue weighted by atomic mass is 35.5. The Morgan fingerprint density at radius 2 is 1.81 bits per heavy atom. The van der Waals surface area contributed by atoms with E-state index in [1.54, 1.807) is 12.1 Å². The van der Waals surface area contributed by atoms with Gasteiger partial charge in [0.2, 0.25) is 0 Å². The Morgan fingerprint density at radius 1 is 1.15 bits per heavy atom. The Kier molecular flexibility index (Phi) is 5.27. The molecule has 0 bridgehead atoms. The van der Waals surface area contributed by atoms with E-state index in [-0.39, 0.29) is 17.6 Å². The topological polar surface area (TPSA) is 102 Å². The average molecular weight is 375 g/mol. The maximum Gasteiger partial charge on any atom is 0.312 e. The van der Waals surface area contributed by atoms with Crippen LogP contribution in [0.2, 0.25) is 5.02 Å². The summed E-state index contributed by atoms with van der Waals surface area (Å²) < 4.78 is 0. The number of rotatable bonds is 4. The monoisotopic (exact) mass is 374 g/mol. The van der Waals surface area contributed by atoms with E-state index >= 15 is 0 Å². The van der Waals surface area contributed by atoms with Crippen molar-refractivity contribution in [3.63, 3.8) is 0 Å². The number of halogens is 1. The third kappa shape index (κ3) is 4.23. The number of benzene rings is 2. The molecule has 0 aromatic heterocycles. The molecule has 136 valence electrons. The molecule has 2 unspecified atom stereocenters. The molecule has 1 saturated heterocycles. The molecule has 7 nitrogen and oxygen atoms in total. The molecule has 2 amide bonds. The minimum Gasteiger partial charge on any atom is -0.369 e. The van der Waals surface area contributed by atoms with Crippen molar-refractivity contribution in [2.45, 2.75) is 18.4 Å².